The molecule has 1 saturated heterocycles. The van der Waals surface area contributed by atoms with E-state index in [1.54, 1.807) is 6.08 Å². The minimum atomic E-state index is -0.682. The molecule has 3 heteroatoms. The van der Waals surface area contributed by atoms with Gasteiger partial charge in [0.05, 0.1) is 5.41 Å². The molecule has 0 saturated carbocycles. The zero-order valence-electron chi connectivity index (χ0n) is 6.47. The zero-order valence-corrected chi connectivity index (χ0v) is 6.47. The van der Waals surface area contributed by atoms with Crippen LogP contribution in [0.3, 0.4) is 0 Å². The lowest BCUT2D eigenvalue weighted by atomic mass is 9.78. The molecule has 11 heavy (non-hydrogen) atoms. The fourth-order valence-corrected chi connectivity index (χ4v) is 1.24. The summed E-state index contributed by atoms with van der Waals surface area (Å²) in [5.74, 6) is -0.682. The van der Waals surface area contributed by atoms with Crippen LogP contribution in [0.15, 0.2) is 12.7 Å². The molecule has 0 bridgehead atoms. The average molecular weight is 155 g/mol. The average Bonchev–Trinajstić information content (AvgIpc) is 1.85. The Morgan fingerprint density at radius 1 is 1.73 bits per heavy atom. The Bertz CT molecular complexity index is 173. The van der Waals surface area contributed by atoms with Crippen LogP contribution >= 0.6 is 0 Å². The third-order valence-corrected chi connectivity index (χ3v) is 2.21. The minimum absolute atomic E-state index is 0.492. The molecule has 0 aromatic rings. The fraction of sp³-hybridized carbons (Fsp3) is 0.625. The van der Waals surface area contributed by atoms with E-state index >= 15 is 0 Å². The summed E-state index contributed by atoms with van der Waals surface area (Å²) in [6.07, 6.45) is 3.26. The third-order valence-electron chi connectivity index (χ3n) is 2.21. The van der Waals surface area contributed by atoms with Gasteiger partial charge in [0, 0.05) is 13.1 Å². The van der Waals surface area contributed by atoms with Crippen LogP contribution < -0.4 is 5.32 Å². The van der Waals surface area contributed by atoms with Crippen LogP contribution in [0.2, 0.25) is 0 Å². The summed E-state index contributed by atoms with van der Waals surface area (Å²) < 4.78 is 0. The largest absolute Gasteiger partial charge is 0.481 e. The molecule has 0 spiro atoms. The number of allylic oxidation sites excluding steroid dienone is 1. The maximum absolute atomic E-state index is 10.7. The lowest BCUT2D eigenvalue weighted by molar-refractivity contribution is -0.152. The molecule has 2 N–H and O–H groups in total. The van der Waals surface area contributed by atoms with Gasteiger partial charge in [-0.05, 0) is 12.8 Å². The molecule has 1 aliphatic rings. The molecule has 1 aliphatic heterocycles. The highest BCUT2D eigenvalue weighted by Gasteiger charge is 2.43. The van der Waals surface area contributed by atoms with E-state index in [1.807, 2.05) is 0 Å². The Morgan fingerprint density at radius 2 is 2.36 bits per heavy atom. The molecule has 0 aromatic carbocycles. The van der Waals surface area contributed by atoms with Crippen molar-refractivity contribution >= 4 is 5.97 Å². The van der Waals surface area contributed by atoms with Crippen LogP contribution in [-0.4, -0.2) is 24.2 Å². The molecule has 0 aromatic heterocycles. The first-order chi connectivity index (χ1) is 5.21. The van der Waals surface area contributed by atoms with Crippen molar-refractivity contribution < 1.29 is 9.90 Å². The number of hydrogen-bond acceptors (Lipinski definition) is 2. The van der Waals surface area contributed by atoms with Gasteiger partial charge in [0.15, 0.2) is 0 Å². The Kier molecular flexibility index (Phi) is 2.29. The fourth-order valence-electron chi connectivity index (χ4n) is 1.24. The van der Waals surface area contributed by atoms with Gasteiger partial charge in [-0.3, -0.25) is 4.79 Å². The van der Waals surface area contributed by atoms with Gasteiger partial charge >= 0.3 is 5.97 Å². The van der Waals surface area contributed by atoms with Gasteiger partial charge in [0.25, 0.3) is 0 Å². The number of carbonyl (C=O) groups is 1. The summed E-state index contributed by atoms with van der Waals surface area (Å²) in [5.41, 5.74) is -0.492. The van der Waals surface area contributed by atoms with Gasteiger partial charge in [-0.15, -0.1) is 6.58 Å². The molecule has 0 unspecified atom stereocenters. The Labute approximate surface area is 66.1 Å². The second-order valence-electron chi connectivity index (χ2n) is 3.02. The van der Waals surface area contributed by atoms with E-state index in [1.165, 1.54) is 0 Å². The molecule has 1 fully saturated rings. The second-order valence-corrected chi connectivity index (χ2v) is 3.02. The quantitative estimate of drug-likeness (QED) is 0.585. The minimum Gasteiger partial charge on any atom is -0.481 e. The first kappa shape index (κ1) is 8.27. The molecule has 0 aliphatic carbocycles. The summed E-state index contributed by atoms with van der Waals surface area (Å²) >= 11 is 0. The maximum atomic E-state index is 10.7. The van der Waals surface area contributed by atoms with Crippen LogP contribution in [0.25, 0.3) is 0 Å². The summed E-state index contributed by atoms with van der Waals surface area (Å²) in [6, 6.07) is 0. The van der Waals surface area contributed by atoms with Crippen molar-refractivity contribution in [2.45, 2.75) is 12.8 Å². The van der Waals surface area contributed by atoms with Gasteiger partial charge in [-0.1, -0.05) is 6.08 Å². The summed E-state index contributed by atoms with van der Waals surface area (Å²) in [4.78, 5) is 10.7. The van der Waals surface area contributed by atoms with Crippen LogP contribution in [0.1, 0.15) is 12.8 Å². The zero-order chi connectivity index (χ0) is 8.32. The maximum Gasteiger partial charge on any atom is 0.312 e. The van der Waals surface area contributed by atoms with Gasteiger partial charge < -0.3 is 10.4 Å². The van der Waals surface area contributed by atoms with Crippen LogP contribution in [0, 0.1) is 5.41 Å². The molecule has 0 amide bonds. The number of rotatable bonds is 4. The summed E-state index contributed by atoms with van der Waals surface area (Å²) in [5, 5.41) is 11.8. The molecule has 0 atom stereocenters. The predicted molar refractivity (Wildman–Crippen MR) is 42.4 cm³/mol. The van der Waals surface area contributed by atoms with E-state index in [9.17, 15) is 4.79 Å². The monoisotopic (exact) mass is 155 g/mol. The van der Waals surface area contributed by atoms with Crippen LogP contribution in [-0.2, 0) is 4.79 Å². The van der Waals surface area contributed by atoms with Crippen molar-refractivity contribution in [3.63, 3.8) is 0 Å². The van der Waals surface area contributed by atoms with E-state index in [-0.39, 0.29) is 0 Å². The van der Waals surface area contributed by atoms with E-state index in [2.05, 4.69) is 11.9 Å². The van der Waals surface area contributed by atoms with E-state index in [0.717, 1.165) is 6.42 Å². The second kappa shape index (κ2) is 3.05. The number of carboxylic acid groups (broad SMARTS) is 1. The highest BCUT2D eigenvalue weighted by Crippen LogP contribution is 2.28. The van der Waals surface area contributed by atoms with Gasteiger partial charge in [-0.25, -0.2) is 0 Å². The first-order valence-electron chi connectivity index (χ1n) is 3.76. The molecule has 62 valence electrons. The first-order valence-corrected chi connectivity index (χ1v) is 3.76. The summed E-state index contributed by atoms with van der Waals surface area (Å²) in [6.45, 7) is 4.78. The van der Waals surface area contributed by atoms with Gasteiger partial charge in [-0.2, -0.15) is 0 Å². The smallest absolute Gasteiger partial charge is 0.312 e. The van der Waals surface area contributed by atoms with Gasteiger partial charge in [0.1, 0.15) is 0 Å². The topological polar surface area (TPSA) is 49.3 Å². The predicted octanol–water partition coefficient (Wildman–Crippen LogP) is 0.627. The Hall–Kier alpha value is -0.830. The molecular formula is C8H13NO2. The Morgan fingerprint density at radius 3 is 2.64 bits per heavy atom. The SMILES string of the molecule is C=CCCC1(C(=O)O)CNC1. The van der Waals surface area contributed by atoms with Crippen molar-refractivity contribution in [3.8, 4) is 0 Å². The number of nitrogens with one attached hydrogen (secondary N) is 1. The third kappa shape index (κ3) is 1.43. The van der Waals surface area contributed by atoms with Crippen LogP contribution in [0.4, 0.5) is 0 Å². The molecule has 0 radical (unpaired) electrons. The molecular weight excluding hydrogens is 142 g/mol. The Balaban J connectivity index is 2.46. The summed E-state index contributed by atoms with van der Waals surface area (Å²) in [7, 11) is 0. The highest BCUT2D eigenvalue weighted by molar-refractivity contribution is 5.76. The molecule has 1 heterocycles. The van der Waals surface area contributed by atoms with E-state index in [0.29, 0.717) is 19.5 Å². The number of hydrogen-bond donors (Lipinski definition) is 2. The highest BCUT2D eigenvalue weighted by atomic mass is 16.4. The lowest BCUT2D eigenvalue weighted by Gasteiger charge is -2.38. The molecule has 1 rings (SSSR count). The lowest BCUT2D eigenvalue weighted by Crippen LogP contribution is -2.58. The number of carboxylic acids is 1. The van der Waals surface area contributed by atoms with Crippen molar-refractivity contribution in [1.82, 2.24) is 5.32 Å². The van der Waals surface area contributed by atoms with Crippen molar-refractivity contribution in [2.24, 2.45) is 5.41 Å². The van der Waals surface area contributed by atoms with E-state index in [4.69, 9.17) is 5.11 Å². The number of aliphatic carboxylic acids is 1. The van der Waals surface area contributed by atoms with Crippen molar-refractivity contribution in [1.29, 1.82) is 0 Å². The van der Waals surface area contributed by atoms with E-state index < -0.39 is 11.4 Å². The van der Waals surface area contributed by atoms with Crippen molar-refractivity contribution in [2.75, 3.05) is 13.1 Å². The standard InChI is InChI=1S/C8H13NO2/c1-2-3-4-8(7(10)11)5-9-6-8/h2,9H,1,3-6H2,(H,10,11). The normalized spacial score (nSPS) is 20.4. The van der Waals surface area contributed by atoms with Gasteiger partial charge in [0.2, 0.25) is 0 Å². The van der Waals surface area contributed by atoms with Crippen molar-refractivity contribution in [3.05, 3.63) is 12.7 Å². The van der Waals surface area contributed by atoms with Crippen LogP contribution in [0.5, 0.6) is 0 Å². The molecule has 3 nitrogen and oxygen atoms in total.